The molecule has 0 spiro atoms. The van der Waals surface area contributed by atoms with E-state index in [2.05, 4.69) is 59.8 Å². The van der Waals surface area contributed by atoms with Gasteiger partial charge in [-0.25, -0.2) is 0 Å². The van der Waals surface area contributed by atoms with Gasteiger partial charge in [0.15, 0.2) is 0 Å². The minimum Gasteiger partial charge on any atom is -0.379 e. The van der Waals surface area contributed by atoms with Crippen LogP contribution in [0.25, 0.3) is 6.08 Å². The summed E-state index contributed by atoms with van der Waals surface area (Å²) in [5.74, 6) is -0.0557. The van der Waals surface area contributed by atoms with Crippen LogP contribution in [-0.2, 0) is 9.53 Å². The van der Waals surface area contributed by atoms with Crippen LogP contribution < -0.4 is 5.32 Å². The second kappa shape index (κ2) is 9.12. The number of morpholine rings is 1. The summed E-state index contributed by atoms with van der Waals surface area (Å²) in [4.78, 5) is 16.0. The van der Waals surface area contributed by atoms with Crippen LogP contribution in [0.1, 0.15) is 27.6 Å². The van der Waals surface area contributed by atoms with Crippen molar-refractivity contribution in [3.8, 4) is 0 Å². The number of carbonyl (C=O) groups excluding carboxylic acids is 1. The average molecular weight is 371 g/mol. The summed E-state index contributed by atoms with van der Waals surface area (Å²) in [6.45, 7) is 8.05. The van der Waals surface area contributed by atoms with E-state index >= 15 is 0 Å². The van der Waals surface area contributed by atoms with Gasteiger partial charge in [0.05, 0.1) is 19.3 Å². The highest BCUT2D eigenvalue weighted by atomic mass is 32.1. The van der Waals surface area contributed by atoms with E-state index in [9.17, 15) is 4.79 Å². The molecule has 1 saturated heterocycles. The Hall–Kier alpha value is -1.95. The minimum atomic E-state index is -0.0557. The van der Waals surface area contributed by atoms with Crippen LogP contribution in [-0.4, -0.2) is 43.7 Å². The molecular formula is C21H26N2O2S. The van der Waals surface area contributed by atoms with Gasteiger partial charge >= 0.3 is 0 Å². The van der Waals surface area contributed by atoms with Crippen molar-refractivity contribution in [1.29, 1.82) is 0 Å². The van der Waals surface area contributed by atoms with Gasteiger partial charge in [-0.2, -0.15) is 0 Å². The molecule has 2 aromatic rings. The number of ether oxygens (including phenoxy) is 1. The van der Waals surface area contributed by atoms with E-state index in [-0.39, 0.29) is 11.9 Å². The van der Waals surface area contributed by atoms with E-state index in [0.29, 0.717) is 6.54 Å². The first-order valence-corrected chi connectivity index (χ1v) is 9.90. The summed E-state index contributed by atoms with van der Waals surface area (Å²) in [6.07, 6.45) is 3.52. The van der Waals surface area contributed by atoms with Crippen molar-refractivity contribution in [3.63, 3.8) is 0 Å². The number of hydrogen-bond acceptors (Lipinski definition) is 4. The summed E-state index contributed by atoms with van der Waals surface area (Å²) in [5, 5.41) is 5.16. The molecule has 1 atom stereocenters. The summed E-state index contributed by atoms with van der Waals surface area (Å²) in [7, 11) is 0. The van der Waals surface area contributed by atoms with Crippen molar-refractivity contribution in [2.24, 2.45) is 0 Å². The standard InChI is InChI=1S/C21H26N2O2S/c1-16-5-6-18(17(2)14-16)7-8-21(24)22-15-19(20-4-3-13-26-20)23-9-11-25-12-10-23/h3-8,13-14,19H,9-12,15H2,1-2H3,(H,22,24)/b8-7+/t19-/m1/s1. The molecule has 0 bridgehead atoms. The molecule has 1 amide bonds. The molecule has 138 valence electrons. The van der Waals surface area contributed by atoms with Crippen LogP contribution in [0.5, 0.6) is 0 Å². The number of hydrogen-bond donors (Lipinski definition) is 1. The lowest BCUT2D eigenvalue weighted by atomic mass is 10.1. The highest BCUT2D eigenvalue weighted by molar-refractivity contribution is 7.10. The van der Waals surface area contributed by atoms with E-state index in [0.717, 1.165) is 31.9 Å². The monoisotopic (exact) mass is 370 g/mol. The molecule has 0 radical (unpaired) electrons. The summed E-state index contributed by atoms with van der Waals surface area (Å²) in [6, 6.07) is 10.7. The topological polar surface area (TPSA) is 41.6 Å². The first kappa shape index (κ1) is 18.8. The van der Waals surface area contributed by atoms with Crippen LogP contribution in [0.15, 0.2) is 41.8 Å². The molecule has 3 rings (SSSR count). The van der Waals surface area contributed by atoms with Crippen molar-refractivity contribution in [1.82, 2.24) is 10.2 Å². The van der Waals surface area contributed by atoms with Crippen LogP contribution in [0.2, 0.25) is 0 Å². The molecule has 0 unspecified atom stereocenters. The van der Waals surface area contributed by atoms with Gasteiger partial charge < -0.3 is 10.1 Å². The van der Waals surface area contributed by atoms with Gasteiger partial charge in [-0.15, -0.1) is 11.3 Å². The molecule has 0 aliphatic carbocycles. The van der Waals surface area contributed by atoms with Crippen molar-refractivity contribution < 1.29 is 9.53 Å². The number of amides is 1. The number of rotatable bonds is 6. The Balaban J connectivity index is 1.61. The molecule has 4 nitrogen and oxygen atoms in total. The largest absolute Gasteiger partial charge is 0.379 e. The highest BCUT2D eigenvalue weighted by Gasteiger charge is 2.23. The molecule has 1 aliphatic heterocycles. The fourth-order valence-electron chi connectivity index (χ4n) is 3.21. The Morgan fingerprint density at radius 1 is 1.31 bits per heavy atom. The third kappa shape index (κ3) is 5.04. The van der Waals surface area contributed by atoms with Gasteiger partial charge in [-0.1, -0.05) is 29.8 Å². The normalized spacial score (nSPS) is 16.7. The smallest absolute Gasteiger partial charge is 0.244 e. The third-order valence-electron chi connectivity index (χ3n) is 4.67. The second-order valence-electron chi connectivity index (χ2n) is 6.62. The predicted octanol–water partition coefficient (Wildman–Crippen LogP) is 3.57. The van der Waals surface area contributed by atoms with Crippen LogP contribution >= 0.6 is 11.3 Å². The number of nitrogens with one attached hydrogen (secondary N) is 1. The van der Waals surface area contributed by atoms with Crippen LogP contribution in [0, 0.1) is 13.8 Å². The first-order chi connectivity index (χ1) is 12.6. The summed E-state index contributed by atoms with van der Waals surface area (Å²) < 4.78 is 5.46. The van der Waals surface area contributed by atoms with Gasteiger partial charge in [0, 0.05) is 30.6 Å². The number of aryl methyl sites for hydroxylation is 2. The lowest BCUT2D eigenvalue weighted by molar-refractivity contribution is -0.116. The maximum Gasteiger partial charge on any atom is 0.244 e. The Morgan fingerprint density at radius 3 is 2.81 bits per heavy atom. The van der Waals surface area contributed by atoms with Gasteiger partial charge in [0.25, 0.3) is 0 Å². The Labute approximate surface area is 159 Å². The predicted molar refractivity (Wildman–Crippen MR) is 107 cm³/mol. The molecule has 5 heteroatoms. The van der Waals surface area contributed by atoms with E-state index in [1.54, 1.807) is 17.4 Å². The van der Waals surface area contributed by atoms with Crippen molar-refractivity contribution in [3.05, 3.63) is 63.4 Å². The van der Waals surface area contributed by atoms with Crippen molar-refractivity contribution >= 4 is 23.3 Å². The lowest BCUT2D eigenvalue weighted by Gasteiger charge is -2.34. The zero-order valence-electron chi connectivity index (χ0n) is 15.4. The highest BCUT2D eigenvalue weighted by Crippen LogP contribution is 2.25. The number of benzene rings is 1. The van der Waals surface area contributed by atoms with Crippen LogP contribution in [0.4, 0.5) is 0 Å². The summed E-state index contributed by atoms with van der Waals surface area (Å²) in [5.41, 5.74) is 3.49. The Morgan fingerprint density at radius 2 is 2.12 bits per heavy atom. The van der Waals surface area contributed by atoms with Gasteiger partial charge in [0.2, 0.25) is 5.91 Å². The van der Waals surface area contributed by atoms with Crippen molar-refractivity contribution in [2.45, 2.75) is 19.9 Å². The molecule has 0 saturated carbocycles. The minimum absolute atomic E-state index is 0.0557. The van der Waals surface area contributed by atoms with Gasteiger partial charge in [0.1, 0.15) is 0 Å². The van der Waals surface area contributed by atoms with E-state index in [1.165, 1.54) is 16.0 Å². The fourth-order valence-corrected chi connectivity index (χ4v) is 4.07. The second-order valence-corrected chi connectivity index (χ2v) is 7.60. The lowest BCUT2D eigenvalue weighted by Crippen LogP contribution is -2.43. The van der Waals surface area contributed by atoms with Crippen LogP contribution in [0.3, 0.4) is 0 Å². The summed E-state index contributed by atoms with van der Waals surface area (Å²) >= 11 is 1.74. The van der Waals surface area contributed by atoms with Crippen molar-refractivity contribution in [2.75, 3.05) is 32.8 Å². The molecule has 1 aromatic heterocycles. The maximum atomic E-state index is 12.3. The fraction of sp³-hybridized carbons (Fsp3) is 0.381. The Bertz CT molecular complexity index is 749. The zero-order chi connectivity index (χ0) is 18.4. The molecule has 2 heterocycles. The molecular weight excluding hydrogens is 344 g/mol. The molecule has 1 aromatic carbocycles. The third-order valence-corrected chi connectivity index (χ3v) is 5.64. The number of nitrogens with zero attached hydrogens (tertiary/aromatic N) is 1. The zero-order valence-corrected chi connectivity index (χ0v) is 16.2. The molecule has 1 N–H and O–H groups in total. The van der Waals surface area contributed by atoms with E-state index < -0.39 is 0 Å². The average Bonchev–Trinajstić information content (AvgIpc) is 3.16. The number of carbonyl (C=O) groups is 1. The first-order valence-electron chi connectivity index (χ1n) is 9.02. The molecule has 1 fully saturated rings. The molecule has 1 aliphatic rings. The quantitative estimate of drug-likeness (QED) is 0.791. The Kier molecular flexibility index (Phi) is 6.61. The molecule has 26 heavy (non-hydrogen) atoms. The van der Waals surface area contributed by atoms with E-state index in [1.807, 2.05) is 6.08 Å². The van der Waals surface area contributed by atoms with Gasteiger partial charge in [-0.3, -0.25) is 9.69 Å². The number of thiophene rings is 1. The van der Waals surface area contributed by atoms with Gasteiger partial charge in [-0.05, 0) is 42.5 Å². The van der Waals surface area contributed by atoms with E-state index in [4.69, 9.17) is 4.74 Å². The maximum absolute atomic E-state index is 12.3. The SMILES string of the molecule is Cc1ccc(/C=C/C(=O)NC[C@H](c2cccs2)N2CCOCC2)c(C)c1.